The smallest absolute Gasteiger partial charge is 0.407 e. The maximum Gasteiger partial charge on any atom is 0.407 e. The first-order valence-electron chi connectivity index (χ1n) is 10.9. The minimum atomic E-state index is -1.00. The lowest BCUT2D eigenvalue weighted by molar-refractivity contribution is -0.136. The van der Waals surface area contributed by atoms with Crippen LogP contribution < -0.4 is 5.32 Å². The molecule has 0 aromatic heterocycles. The van der Waals surface area contributed by atoms with Crippen molar-refractivity contribution in [2.24, 2.45) is 0 Å². The zero-order valence-corrected chi connectivity index (χ0v) is 19.1. The maximum absolute atomic E-state index is 13.1. The highest BCUT2D eigenvalue weighted by atomic mass is 16.5. The van der Waals surface area contributed by atoms with Gasteiger partial charge < -0.3 is 14.7 Å². The Bertz CT molecular complexity index is 983. The number of carbonyl (C=O) groups excluding carboxylic acids is 4. The molecule has 33 heavy (non-hydrogen) atoms. The number of imide groups is 2. The zero-order valence-electron chi connectivity index (χ0n) is 19.1. The van der Waals surface area contributed by atoms with Crippen molar-refractivity contribution in [3.8, 4) is 0 Å². The molecule has 2 aliphatic heterocycles. The lowest BCUT2D eigenvalue weighted by atomic mass is 9.99. The van der Waals surface area contributed by atoms with Gasteiger partial charge in [-0.2, -0.15) is 0 Å². The first-order valence-corrected chi connectivity index (χ1v) is 10.9. The SMILES string of the molecule is CC(C)(C)N(CCOCCCc1cccc2c1C(=O)N(C1CCC(=O)NC1=O)C2=O)C(=O)O. The number of carboxylic acid groups (broad SMARTS) is 1. The summed E-state index contributed by atoms with van der Waals surface area (Å²) < 4.78 is 5.59. The fourth-order valence-electron chi connectivity index (χ4n) is 4.13. The van der Waals surface area contributed by atoms with Gasteiger partial charge in [0.15, 0.2) is 0 Å². The number of nitrogens with zero attached hydrogens (tertiary/aromatic N) is 2. The van der Waals surface area contributed by atoms with Crippen LogP contribution in [-0.4, -0.2) is 76.0 Å². The van der Waals surface area contributed by atoms with E-state index in [0.29, 0.717) is 25.0 Å². The minimum absolute atomic E-state index is 0.0720. The third kappa shape index (κ3) is 5.22. The number of carbonyl (C=O) groups is 5. The van der Waals surface area contributed by atoms with E-state index in [1.807, 2.05) is 20.8 Å². The zero-order chi connectivity index (χ0) is 24.3. The van der Waals surface area contributed by atoms with Gasteiger partial charge in [0, 0.05) is 25.1 Å². The van der Waals surface area contributed by atoms with E-state index in [9.17, 15) is 29.1 Å². The number of hydrogen-bond donors (Lipinski definition) is 2. The summed E-state index contributed by atoms with van der Waals surface area (Å²) in [4.78, 5) is 63.2. The predicted molar refractivity (Wildman–Crippen MR) is 117 cm³/mol. The summed E-state index contributed by atoms with van der Waals surface area (Å²) in [5, 5.41) is 11.5. The molecule has 1 unspecified atom stereocenters. The first kappa shape index (κ1) is 24.4. The van der Waals surface area contributed by atoms with Crippen LogP contribution in [0.15, 0.2) is 18.2 Å². The van der Waals surface area contributed by atoms with Crippen LogP contribution in [0.4, 0.5) is 4.79 Å². The van der Waals surface area contributed by atoms with Crippen molar-refractivity contribution < 1.29 is 33.8 Å². The Morgan fingerprint density at radius 2 is 1.91 bits per heavy atom. The van der Waals surface area contributed by atoms with Crippen molar-refractivity contribution in [1.82, 2.24) is 15.1 Å². The molecule has 0 bridgehead atoms. The van der Waals surface area contributed by atoms with Crippen molar-refractivity contribution in [2.45, 2.75) is 58.0 Å². The molecular formula is C23H29N3O7. The Morgan fingerprint density at radius 1 is 1.18 bits per heavy atom. The predicted octanol–water partition coefficient (Wildman–Crippen LogP) is 1.82. The molecule has 10 heteroatoms. The Balaban J connectivity index is 1.58. The summed E-state index contributed by atoms with van der Waals surface area (Å²) in [6, 6.07) is 4.03. The van der Waals surface area contributed by atoms with Crippen LogP contribution in [0.5, 0.6) is 0 Å². The minimum Gasteiger partial charge on any atom is -0.465 e. The highest BCUT2D eigenvalue weighted by Gasteiger charge is 2.45. The number of hydrogen-bond acceptors (Lipinski definition) is 6. The van der Waals surface area contributed by atoms with E-state index in [4.69, 9.17) is 4.74 Å². The summed E-state index contributed by atoms with van der Waals surface area (Å²) in [7, 11) is 0. The highest BCUT2D eigenvalue weighted by molar-refractivity contribution is 6.24. The van der Waals surface area contributed by atoms with Gasteiger partial charge in [0.05, 0.1) is 17.7 Å². The Hall–Kier alpha value is -3.27. The molecule has 3 rings (SSSR count). The second-order valence-corrected chi connectivity index (χ2v) is 9.11. The number of benzene rings is 1. The molecule has 2 aliphatic rings. The second-order valence-electron chi connectivity index (χ2n) is 9.11. The lowest BCUT2D eigenvalue weighted by Crippen LogP contribution is -2.54. The maximum atomic E-state index is 13.1. The van der Waals surface area contributed by atoms with Gasteiger partial charge in [0.25, 0.3) is 11.8 Å². The summed E-state index contributed by atoms with van der Waals surface area (Å²) in [5.41, 5.74) is 0.703. The monoisotopic (exact) mass is 459 g/mol. The van der Waals surface area contributed by atoms with E-state index in [0.717, 1.165) is 4.90 Å². The Labute approximate surface area is 191 Å². The molecule has 0 radical (unpaired) electrons. The van der Waals surface area contributed by atoms with E-state index in [1.54, 1.807) is 18.2 Å². The summed E-state index contributed by atoms with van der Waals surface area (Å²) in [5.74, 6) is -2.11. The molecule has 1 atom stereocenters. The van der Waals surface area contributed by atoms with Crippen LogP contribution in [-0.2, 0) is 20.7 Å². The van der Waals surface area contributed by atoms with Crippen LogP contribution in [0.3, 0.4) is 0 Å². The molecule has 1 fully saturated rings. The number of fused-ring (bicyclic) bond motifs is 1. The van der Waals surface area contributed by atoms with Crippen molar-refractivity contribution in [1.29, 1.82) is 0 Å². The van der Waals surface area contributed by atoms with Crippen molar-refractivity contribution in [3.05, 3.63) is 34.9 Å². The number of piperidine rings is 1. The normalized spacial score (nSPS) is 18.4. The first-order chi connectivity index (χ1) is 15.5. The van der Waals surface area contributed by atoms with Crippen molar-refractivity contribution >= 4 is 29.7 Å². The van der Waals surface area contributed by atoms with Gasteiger partial charge in [-0.25, -0.2) is 4.79 Å². The Kier molecular flexibility index (Phi) is 7.16. The molecule has 1 aromatic carbocycles. The van der Waals surface area contributed by atoms with E-state index in [1.165, 1.54) is 4.90 Å². The topological polar surface area (TPSA) is 133 Å². The van der Waals surface area contributed by atoms with Crippen molar-refractivity contribution in [2.75, 3.05) is 19.8 Å². The van der Waals surface area contributed by atoms with Crippen molar-refractivity contribution in [3.63, 3.8) is 0 Å². The molecule has 1 aromatic rings. The van der Waals surface area contributed by atoms with Crippen LogP contribution in [0.2, 0.25) is 0 Å². The van der Waals surface area contributed by atoms with Crippen LogP contribution in [0.25, 0.3) is 0 Å². The fourth-order valence-corrected chi connectivity index (χ4v) is 4.13. The van der Waals surface area contributed by atoms with E-state index in [2.05, 4.69) is 5.32 Å². The summed E-state index contributed by atoms with van der Waals surface area (Å²) in [6.45, 7) is 6.29. The van der Waals surface area contributed by atoms with E-state index >= 15 is 0 Å². The highest BCUT2D eigenvalue weighted by Crippen LogP contribution is 2.30. The van der Waals surface area contributed by atoms with Gasteiger partial charge in [0.1, 0.15) is 6.04 Å². The molecule has 5 amide bonds. The van der Waals surface area contributed by atoms with E-state index in [-0.39, 0.29) is 37.1 Å². The van der Waals surface area contributed by atoms with Crippen LogP contribution in [0.1, 0.15) is 66.3 Å². The molecular weight excluding hydrogens is 430 g/mol. The number of ether oxygens (including phenoxy) is 1. The lowest BCUT2D eigenvalue weighted by Gasteiger charge is -2.32. The largest absolute Gasteiger partial charge is 0.465 e. The third-order valence-electron chi connectivity index (χ3n) is 5.79. The van der Waals surface area contributed by atoms with Gasteiger partial charge in [-0.15, -0.1) is 0 Å². The molecule has 2 heterocycles. The van der Waals surface area contributed by atoms with Crippen LogP contribution >= 0.6 is 0 Å². The van der Waals surface area contributed by atoms with E-state index < -0.39 is 41.3 Å². The molecule has 0 aliphatic carbocycles. The summed E-state index contributed by atoms with van der Waals surface area (Å²) in [6.07, 6.45) is 0.227. The molecule has 178 valence electrons. The van der Waals surface area contributed by atoms with Gasteiger partial charge in [0.2, 0.25) is 11.8 Å². The standard InChI is InChI=1S/C23H29N3O7/c1-23(2,3)25(22(31)32)11-13-33-12-5-7-14-6-4-8-15-18(14)21(30)26(20(15)29)16-9-10-17(27)24-19(16)28/h4,6,8,16H,5,7,9-13H2,1-3H3,(H,31,32)(H,24,27,28). The molecule has 10 nitrogen and oxygen atoms in total. The molecule has 2 N–H and O–H groups in total. The molecule has 1 saturated heterocycles. The fraction of sp³-hybridized carbons (Fsp3) is 0.522. The van der Waals surface area contributed by atoms with Gasteiger partial charge in [-0.1, -0.05) is 12.1 Å². The Morgan fingerprint density at radius 3 is 2.55 bits per heavy atom. The average molecular weight is 459 g/mol. The number of aryl methyl sites for hydroxylation is 1. The number of rotatable bonds is 8. The van der Waals surface area contributed by atoms with Crippen LogP contribution in [0, 0.1) is 0 Å². The summed E-state index contributed by atoms with van der Waals surface area (Å²) >= 11 is 0. The molecule has 0 saturated carbocycles. The third-order valence-corrected chi connectivity index (χ3v) is 5.79. The number of nitrogens with one attached hydrogen (secondary N) is 1. The quantitative estimate of drug-likeness (QED) is 0.447. The average Bonchev–Trinajstić information content (AvgIpc) is 2.97. The van der Waals surface area contributed by atoms with Gasteiger partial charge in [-0.05, 0) is 51.7 Å². The number of amides is 5. The van der Waals surface area contributed by atoms with Gasteiger partial charge in [-0.3, -0.25) is 29.4 Å². The second kappa shape index (κ2) is 9.70. The van der Waals surface area contributed by atoms with Gasteiger partial charge >= 0.3 is 6.09 Å². The molecule has 0 spiro atoms.